The van der Waals surface area contributed by atoms with E-state index < -0.39 is 0 Å². The lowest BCUT2D eigenvalue weighted by Crippen LogP contribution is -2.51. The average molecular weight is 314 g/mol. The van der Waals surface area contributed by atoms with E-state index in [1.54, 1.807) is 6.33 Å². The van der Waals surface area contributed by atoms with Crippen LogP contribution in [-0.4, -0.2) is 54.6 Å². The molecule has 0 saturated carbocycles. The molecule has 1 aromatic rings. The molecule has 1 N–H and O–H groups in total. The summed E-state index contributed by atoms with van der Waals surface area (Å²) in [5.74, 6) is 1.83. The maximum Gasteiger partial charge on any atom is 0.148 e. The number of halogens is 1. The molecule has 1 fully saturated rings. The van der Waals surface area contributed by atoms with Gasteiger partial charge >= 0.3 is 0 Å². The Bertz CT molecular complexity index is 411. The van der Waals surface area contributed by atoms with Gasteiger partial charge in [-0.1, -0.05) is 6.92 Å². The topological polar surface area (TPSA) is 44.3 Å². The lowest BCUT2D eigenvalue weighted by molar-refractivity contribution is 0.213. The number of nitrogens with one attached hydrogen (secondary N) is 1. The van der Waals surface area contributed by atoms with Gasteiger partial charge in [0.2, 0.25) is 0 Å². The van der Waals surface area contributed by atoms with E-state index >= 15 is 0 Å². The lowest BCUT2D eigenvalue weighted by atomic mass is 10.1. The minimum absolute atomic E-state index is 0.596. The third kappa shape index (κ3) is 2.59. The first-order valence-corrected chi connectivity index (χ1v) is 7.10. The molecule has 1 aliphatic heterocycles. The predicted octanol–water partition coefficient (Wildman–Crippen LogP) is 1.81. The molecule has 0 amide bonds. The second-order valence-electron chi connectivity index (χ2n) is 4.60. The average Bonchev–Trinajstić information content (AvgIpc) is 2.40. The first-order valence-electron chi connectivity index (χ1n) is 6.30. The molecule has 18 heavy (non-hydrogen) atoms. The monoisotopic (exact) mass is 313 g/mol. The van der Waals surface area contributed by atoms with Gasteiger partial charge in [-0.3, -0.25) is 4.90 Å². The van der Waals surface area contributed by atoms with Crippen LogP contribution >= 0.6 is 15.9 Å². The molecule has 5 nitrogen and oxygen atoms in total. The van der Waals surface area contributed by atoms with Gasteiger partial charge in [0.25, 0.3) is 0 Å². The molecular formula is C12H20BrN5. The van der Waals surface area contributed by atoms with Crippen molar-refractivity contribution in [2.75, 3.05) is 43.9 Å². The first-order chi connectivity index (χ1) is 8.67. The van der Waals surface area contributed by atoms with E-state index in [9.17, 15) is 0 Å². The van der Waals surface area contributed by atoms with Gasteiger partial charge in [0, 0.05) is 32.7 Å². The van der Waals surface area contributed by atoms with Gasteiger partial charge in [-0.25, -0.2) is 9.97 Å². The van der Waals surface area contributed by atoms with E-state index in [0.717, 1.165) is 42.2 Å². The smallest absolute Gasteiger partial charge is 0.148 e. The molecule has 1 aromatic heterocycles. The maximum absolute atomic E-state index is 4.41. The second kappa shape index (κ2) is 5.84. The van der Waals surface area contributed by atoms with E-state index in [1.807, 2.05) is 7.05 Å². The van der Waals surface area contributed by atoms with Crippen LogP contribution < -0.4 is 10.2 Å². The van der Waals surface area contributed by atoms with Crippen LogP contribution in [0.25, 0.3) is 0 Å². The Balaban J connectivity index is 2.21. The van der Waals surface area contributed by atoms with Crippen molar-refractivity contribution in [2.45, 2.75) is 19.4 Å². The lowest BCUT2D eigenvalue weighted by Gasteiger charge is -2.40. The summed E-state index contributed by atoms with van der Waals surface area (Å²) in [6.45, 7) is 5.33. The molecule has 1 unspecified atom stereocenters. The van der Waals surface area contributed by atoms with E-state index in [0.29, 0.717) is 6.04 Å². The van der Waals surface area contributed by atoms with Gasteiger partial charge in [0.1, 0.15) is 22.4 Å². The van der Waals surface area contributed by atoms with E-state index in [-0.39, 0.29) is 0 Å². The number of hydrogen-bond donors (Lipinski definition) is 1. The molecular weight excluding hydrogens is 294 g/mol. The number of rotatable bonds is 3. The zero-order chi connectivity index (χ0) is 13.1. The van der Waals surface area contributed by atoms with Crippen LogP contribution in [0.4, 0.5) is 11.6 Å². The number of piperazine rings is 1. The molecule has 0 aromatic carbocycles. The molecule has 1 atom stereocenters. The first kappa shape index (κ1) is 13.5. The maximum atomic E-state index is 4.41. The fourth-order valence-corrected chi connectivity index (χ4v) is 2.99. The standard InChI is InChI=1S/C12H20BrN5/c1-4-9-7-18(6-5-17(9)3)12-10(13)11(14-2)15-8-16-12/h8-9H,4-7H2,1-3H3,(H,14,15,16). The number of anilines is 2. The Morgan fingerprint density at radius 2 is 2.22 bits per heavy atom. The van der Waals surface area contributed by atoms with Crippen molar-refractivity contribution < 1.29 is 0 Å². The zero-order valence-corrected chi connectivity index (χ0v) is 12.7. The quantitative estimate of drug-likeness (QED) is 0.922. The molecule has 100 valence electrons. The Kier molecular flexibility index (Phi) is 4.40. The normalized spacial score (nSPS) is 21.1. The third-order valence-corrected chi connectivity index (χ3v) is 4.29. The number of aromatic nitrogens is 2. The highest BCUT2D eigenvalue weighted by molar-refractivity contribution is 9.10. The van der Waals surface area contributed by atoms with Crippen molar-refractivity contribution in [1.29, 1.82) is 0 Å². The van der Waals surface area contributed by atoms with Gasteiger partial charge in [-0.15, -0.1) is 0 Å². The minimum atomic E-state index is 0.596. The van der Waals surface area contributed by atoms with Gasteiger partial charge < -0.3 is 10.2 Å². The summed E-state index contributed by atoms with van der Waals surface area (Å²) in [6, 6.07) is 0.596. The second-order valence-corrected chi connectivity index (χ2v) is 5.39. The summed E-state index contributed by atoms with van der Waals surface area (Å²) >= 11 is 3.59. The van der Waals surface area contributed by atoms with Crippen LogP contribution in [0.2, 0.25) is 0 Å². The third-order valence-electron chi connectivity index (χ3n) is 3.56. The van der Waals surface area contributed by atoms with Crippen LogP contribution in [0.3, 0.4) is 0 Å². The fourth-order valence-electron chi connectivity index (χ4n) is 2.33. The zero-order valence-electron chi connectivity index (χ0n) is 11.1. The fraction of sp³-hybridized carbons (Fsp3) is 0.667. The van der Waals surface area contributed by atoms with Gasteiger partial charge in [-0.05, 0) is 29.4 Å². The van der Waals surface area contributed by atoms with Gasteiger partial charge in [0.05, 0.1) is 0 Å². The Morgan fingerprint density at radius 1 is 1.44 bits per heavy atom. The largest absolute Gasteiger partial charge is 0.372 e. The summed E-state index contributed by atoms with van der Waals surface area (Å²) < 4.78 is 0.951. The molecule has 2 rings (SSSR count). The summed E-state index contributed by atoms with van der Waals surface area (Å²) in [6.07, 6.45) is 2.78. The highest BCUT2D eigenvalue weighted by atomic mass is 79.9. The summed E-state index contributed by atoms with van der Waals surface area (Å²) in [5, 5.41) is 3.07. The number of nitrogens with zero attached hydrogens (tertiary/aromatic N) is 4. The molecule has 1 saturated heterocycles. The van der Waals surface area contributed by atoms with E-state index in [2.05, 4.69) is 55.0 Å². The predicted molar refractivity (Wildman–Crippen MR) is 78.2 cm³/mol. The van der Waals surface area contributed by atoms with Crippen LogP contribution in [-0.2, 0) is 0 Å². The Labute approximate surface area is 117 Å². The van der Waals surface area contributed by atoms with Gasteiger partial charge in [-0.2, -0.15) is 0 Å². The highest BCUT2D eigenvalue weighted by Crippen LogP contribution is 2.30. The molecule has 0 aliphatic carbocycles. The van der Waals surface area contributed by atoms with E-state index in [1.165, 1.54) is 0 Å². The molecule has 0 radical (unpaired) electrons. The van der Waals surface area contributed by atoms with Crippen LogP contribution in [0, 0.1) is 0 Å². The molecule has 0 spiro atoms. The summed E-state index contributed by atoms with van der Waals surface area (Å²) in [7, 11) is 4.06. The number of likely N-dealkylation sites (N-methyl/N-ethyl adjacent to an activating group) is 1. The Hall–Kier alpha value is -0.880. The minimum Gasteiger partial charge on any atom is -0.372 e. The van der Waals surface area contributed by atoms with Crippen LogP contribution in [0.15, 0.2) is 10.8 Å². The molecule has 0 bridgehead atoms. The summed E-state index contributed by atoms with van der Waals surface area (Å²) in [5.41, 5.74) is 0. The van der Waals surface area contributed by atoms with Crippen molar-refractivity contribution in [3.8, 4) is 0 Å². The molecule has 2 heterocycles. The van der Waals surface area contributed by atoms with Crippen molar-refractivity contribution in [2.24, 2.45) is 0 Å². The van der Waals surface area contributed by atoms with Gasteiger partial charge in [0.15, 0.2) is 0 Å². The number of hydrogen-bond acceptors (Lipinski definition) is 5. The SMILES string of the molecule is CCC1CN(c2ncnc(NC)c2Br)CCN1C. The Morgan fingerprint density at radius 3 is 2.89 bits per heavy atom. The highest BCUT2D eigenvalue weighted by Gasteiger charge is 2.25. The molecule has 6 heteroatoms. The summed E-state index contributed by atoms with van der Waals surface area (Å²) in [4.78, 5) is 13.4. The van der Waals surface area contributed by atoms with Crippen molar-refractivity contribution >= 4 is 27.6 Å². The van der Waals surface area contributed by atoms with Crippen molar-refractivity contribution in [1.82, 2.24) is 14.9 Å². The van der Waals surface area contributed by atoms with Crippen molar-refractivity contribution in [3.63, 3.8) is 0 Å². The molecule has 1 aliphatic rings. The van der Waals surface area contributed by atoms with Crippen molar-refractivity contribution in [3.05, 3.63) is 10.8 Å². The van der Waals surface area contributed by atoms with Crippen LogP contribution in [0.5, 0.6) is 0 Å². The van der Waals surface area contributed by atoms with Crippen LogP contribution in [0.1, 0.15) is 13.3 Å². The van der Waals surface area contributed by atoms with E-state index in [4.69, 9.17) is 0 Å².